The molecule has 1 aromatic heterocycles. The first kappa shape index (κ1) is 47.2. The van der Waals surface area contributed by atoms with E-state index in [2.05, 4.69) is 255 Å². The van der Waals surface area contributed by atoms with Crippen molar-refractivity contribution in [2.75, 3.05) is 23.0 Å². The maximum Gasteiger partial charge on any atom is 0.252 e. The summed E-state index contributed by atoms with van der Waals surface area (Å²) in [6.07, 6.45) is 0. The number of hydrogen-bond donors (Lipinski definition) is 0. The zero-order valence-electron chi connectivity index (χ0n) is 44.9. The Labute approximate surface area is 447 Å². The van der Waals surface area contributed by atoms with Gasteiger partial charge in [0.25, 0.3) is 6.71 Å². The van der Waals surface area contributed by atoms with E-state index < -0.39 is 0 Å². The molecule has 10 aromatic rings. The lowest BCUT2D eigenvalue weighted by Gasteiger charge is -2.45. The predicted molar refractivity (Wildman–Crippen MR) is 321 cm³/mol. The molecule has 6 heteroatoms. The van der Waals surface area contributed by atoms with E-state index in [-0.39, 0.29) is 23.0 Å². The van der Waals surface area contributed by atoms with E-state index in [9.17, 15) is 0 Å². The van der Waals surface area contributed by atoms with Gasteiger partial charge in [-0.2, -0.15) is 0 Å². The van der Waals surface area contributed by atoms with E-state index in [1.165, 1.54) is 115 Å². The molecule has 4 heterocycles. The normalized spacial score (nSPS) is 14.0. The Morgan fingerprint density at radius 3 is 1.56 bits per heavy atom. The van der Waals surface area contributed by atoms with Gasteiger partial charge in [-0.05, 0) is 162 Å². The van der Waals surface area contributed by atoms with E-state index in [1.54, 1.807) is 0 Å². The molecule has 370 valence electrons. The molecular formula is C69H63BN2O2S. The van der Waals surface area contributed by atoms with Crippen molar-refractivity contribution in [1.29, 1.82) is 0 Å². The van der Waals surface area contributed by atoms with Crippen LogP contribution in [0, 0.1) is 6.92 Å². The molecular weight excluding hydrogens is 932 g/mol. The summed E-state index contributed by atoms with van der Waals surface area (Å²) < 4.78 is 15.0. The maximum absolute atomic E-state index is 6.30. The zero-order valence-corrected chi connectivity index (χ0v) is 45.7. The largest absolute Gasteiger partial charge is 0.486 e. The Balaban J connectivity index is 1.09. The van der Waals surface area contributed by atoms with Crippen molar-refractivity contribution in [3.8, 4) is 44.9 Å². The number of fused-ring (bicyclic) bond motifs is 8. The van der Waals surface area contributed by atoms with E-state index in [0.29, 0.717) is 13.2 Å². The molecule has 75 heavy (non-hydrogen) atoms. The van der Waals surface area contributed by atoms with E-state index in [1.807, 2.05) is 11.3 Å². The fourth-order valence-electron chi connectivity index (χ4n) is 11.8. The summed E-state index contributed by atoms with van der Waals surface area (Å²) in [5, 5.41) is 2.63. The van der Waals surface area contributed by atoms with Gasteiger partial charge in [0.15, 0.2) is 11.5 Å². The highest BCUT2D eigenvalue weighted by atomic mass is 32.1. The van der Waals surface area contributed by atoms with Crippen LogP contribution in [-0.2, 0) is 16.2 Å². The molecule has 3 aliphatic rings. The highest BCUT2D eigenvalue weighted by Crippen LogP contribution is 2.49. The summed E-state index contributed by atoms with van der Waals surface area (Å²) in [4.78, 5) is 5.07. The van der Waals surface area contributed by atoms with Crippen LogP contribution in [0.2, 0.25) is 0 Å². The van der Waals surface area contributed by atoms with Crippen LogP contribution < -0.4 is 35.7 Å². The van der Waals surface area contributed by atoms with Crippen LogP contribution in [0.25, 0.3) is 53.6 Å². The summed E-state index contributed by atoms with van der Waals surface area (Å²) in [7, 11) is 0. The van der Waals surface area contributed by atoms with Gasteiger partial charge in [0.1, 0.15) is 13.2 Å². The average molecular weight is 995 g/mol. The first-order chi connectivity index (χ1) is 35.9. The van der Waals surface area contributed by atoms with Crippen molar-refractivity contribution in [2.24, 2.45) is 0 Å². The number of thiophene rings is 1. The average Bonchev–Trinajstić information content (AvgIpc) is 3.80. The second kappa shape index (κ2) is 17.3. The maximum atomic E-state index is 6.30. The van der Waals surface area contributed by atoms with Crippen molar-refractivity contribution in [3.63, 3.8) is 0 Å². The van der Waals surface area contributed by atoms with E-state index in [4.69, 9.17) is 9.47 Å². The summed E-state index contributed by atoms with van der Waals surface area (Å²) in [6, 6.07) is 67.4. The highest BCUT2D eigenvalue weighted by Gasteiger charge is 2.44. The van der Waals surface area contributed by atoms with Crippen LogP contribution >= 0.6 is 11.3 Å². The van der Waals surface area contributed by atoms with Gasteiger partial charge in [-0.3, -0.25) is 0 Å². The van der Waals surface area contributed by atoms with Crippen molar-refractivity contribution in [3.05, 3.63) is 198 Å². The SMILES string of the molecule is Cc1cc2c3c(c1)N(c1ccc4c(c1)OCCO4)c1ccc(C(C)(C)C)cc1B3c1cc(-c3ccc4c(c3)sc3ccccc34)ccc1N2c1cc(-c2ccc(C(C)(C)C)cc2)cc(-c2ccc(C(C)(C)C)cc2)c1. The Kier molecular flexibility index (Phi) is 10.9. The van der Waals surface area contributed by atoms with Gasteiger partial charge in [-0.25, -0.2) is 0 Å². The molecule has 0 fully saturated rings. The second-order valence-electron chi connectivity index (χ2n) is 24.2. The molecule has 13 rings (SSSR count). The summed E-state index contributed by atoms with van der Waals surface area (Å²) in [6.45, 7) is 24.0. The lowest BCUT2D eigenvalue weighted by Crippen LogP contribution is -2.61. The first-order valence-electron chi connectivity index (χ1n) is 26.7. The summed E-state index contributed by atoms with van der Waals surface area (Å²) in [5.74, 6) is 1.56. The lowest BCUT2D eigenvalue weighted by atomic mass is 9.33. The molecule has 0 radical (unpaired) electrons. The van der Waals surface area contributed by atoms with Gasteiger partial charge in [0.05, 0.1) is 5.69 Å². The Morgan fingerprint density at radius 1 is 0.400 bits per heavy atom. The minimum absolute atomic E-state index is 0.0428. The molecule has 0 N–H and O–H groups in total. The fourth-order valence-corrected chi connectivity index (χ4v) is 13.0. The molecule has 0 bridgehead atoms. The summed E-state index contributed by atoms with van der Waals surface area (Å²) >= 11 is 1.88. The van der Waals surface area contributed by atoms with Gasteiger partial charge < -0.3 is 19.3 Å². The van der Waals surface area contributed by atoms with Crippen molar-refractivity contribution < 1.29 is 9.47 Å². The number of benzene rings is 9. The van der Waals surface area contributed by atoms with Crippen LogP contribution in [0.3, 0.4) is 0 Å². The number of aryl methyl sites for hydroxylation is 1. The van der Waals surface area contributed by atoms with Crippen molar-refractivity contribution >= 4 is 88.7 Å². The van der Waals surface area contributed by atoms with Crippen LogP contribution in [-0.4, -0.2) is 19.9 Å². The standard InChI is InChI=1S/C69H63BN2O2S/c1-42-33-60-66-61(34-42)72(53-36-47(43-15-21-49(22-16-43)67(2,3)4)35-48(37-53)44-17-23-50(24-18-44)68(5,6)7)58-28-20-45(46-19-27-55-54-13-11-12-14-64(54)75-65(55)39-46)38-56(58)70(66)57-40-51(69(8,9)10)25-29-59(57)71(60)52-26-30-62-63(41-52)74-32-31-73-62/h11-30,33-41H,31-32H2,1-10H3. The molecule has 9 aromatic carbocycles. The van der Waals surface area contributed by atoms with Crippen molar-refractivity contribution in [1.82, 2.24) is 0 Å². The highest BCUT2D eigenvalue weighted by molar-refractivity contribution is 7.25. The molecule has 0 spiro atoms. The van der Waals surface area contributed by atoms with Crippen LogP contribution in [0.1, 0.15) is 84.6 Å². The minimum atomic E-state index is -0.0781. The van der Waals surface area contributed by atoms with Crippen LogP contribution in [0.15, 0.2) is 176 Å². The smallest absolute Gasteiger partial charge is 0.252 e. The van der Waals surface area contributed by atoms with Gasteiger partial charge in [-0.1, -0.05) is 165 Å². The van der Waals surface area contributed by atoms with E-state index >= 15 is 0 Å². The first-order valence-corrected chi connectivity index (χ1v) is 27.5. The van der Waals surface area contributed by atoms with Gasteiger partial charge in [0.2, 0.25) is 0 Å². The quantitative estimate of drug-likeness (QED) is 0.160. The number of nitrogens with zero attached hydrogens (tertiary/aromatic N) is 2. The Morgan fingerprint density at radius 2 is 0.920 bits per heavy atom. The molecule has 4 nitrogen and oxygen atoms in total. The van der Waals surface area contributed by atoms with E-state index in [0.717, 1.165) is 22.9 Å². The monoisotopic (exact) mass is 994 g/mol. The van der Waals surface area contributed by atoms with Gasteiger partial charge in [0, 0.05) is 54.7 Å². The third kappa shape index (κ3) is 8.12. The molecule has 0 unspecified atom stereocenters. The minimum Gasteiger partial charge on any atom is -0.486 e. The topological polar surface area (TPSA) is 24.9 Å². The Bertz CT molecular complexity index is 3850. The number of rotatable bonds is 5. The van der Waals surface area contributed by atoms with Gasteiger partial charge in [-0.15, -0.1) is 11.3 Å². The molecule has 3 aliphatic heterocycles. The van der Waals surface area contributed by atoms with Crippen LogP contribution in [0.5, 0.6) is 11.5 Å². The number of ether oxygens (including phenoxy) is 2. The van der Waals surface area contributed by atoms with Crippen LogP contribution in [0.4, 0.5) is 34.1 Å². The predicted octanol–water partition coefficient (Wildman–Crippen LogP) is 17.1. The third-order valence-electron chi connectivity index (χ3n) is 15.9. The number of anilines is 6. The fraction of sp³-hybridized carbons (Fsp3) is 0.217. The molecule has 0 saturated heterocycles. The lowest BCUT2D eigenvalue weighted by molar-refractivity contribution is 0.171. The van der Waals surface area contributed by atoms with Gasteiger partial charge >= 0.3 is 0 Å². The molecule has 0 atom stereocenters. The summed E-state index contributed by atoms with van der Waals surface area (Å²) in [5.41, 5.74) is 23.1. The number of hydrogen-bond acceptors (Lipinski definition) is 5. The third-order valence-corrected chi connectivity index (χ3v) is 17.1. The molecule has 0 aliphatic carbocycles. The molecule has 0 amide bonds. The molecule has 0 saturated carbocycles. The van der Waals surface area contributed by atoms with Crippen molar-refractivity contribution in [2.45, 2.75) is 85.5 Å². The Hall–Kier alpha value is -7.54. The second-order valence-corrected chi connectivity index (χ2v) is 25.3. The zero-order chi connectivity index (χ0) is 51.7.